The van der Waals surface area contributed by atoms with Crippen LogP contribution in [0.3, 0.4) is 0 Å². The Kier molecular flexibility index (Phi) is 8.91. The van der Waals surface area contributed by atoms with Gasteiger partial charge in [0.25, 0.3) is 0 Å². The number of hydrogen-bond acceptors (Lipinski definition) is 8. The van der Waals surface area contributed by atoms with Gasteiger partial charge in [-0.2, -0.15) is 10.5 Å². The summed E-state index contributed by atoms with van der Waals surface area (Å²) in [5.41, 5.74) is 6.65. The van der Waals surface area contributed by atoms with Crippen LogP contribution in [0.25, 0.3) is 0 Å². The summed E-state index contributed by atoms with van der Waals surface area (Å²) in [5, 5.41) is 19.6. The first kappa shape index (κ1) is 22.7. The molecule has 2 aromatic carbocycles. The maximum Gasteiger partial charge on any atom is 0.158 e. The van der Waals surface area contributed by atoms with Gasteiger partial charge in [-0.15, -0.1) is 0 Å². The molecule has 2 aromatic rings. The Bertz CT molecular complexity index is 941. The molecule has 2 rings (SSSR count). The van der Waals surface area contributed by atoms with Gasteiger partial charge in [0.05, 0.1) is 18.1 Å². The highest BCUT2D eigenvalue weighted by molar-refractivity contribution is 7.99. The highest BCUT2D eigenvalue weighted by atomic mass is 35.5. The summed E-state index contributed by atoms with van der Waals surface area (Å²) < 4.78 is 21.5. The number of nitriles is 2. The largest absolute Gasteiger partial charge is 0.488 e. The highest BCUT2D eigenvalue weighted by Crippen LogP contribution is 2.49. The fraction of sp³-hybridized carbons (Fsp3) is 0.300. The van der Waals surface area contributed by atoms with Gasteiger partial charge in [-0.25, -0.2) is 0 Å². The molecule has 0 amide bonds. The molecule has 0 saturated heterocycles. The summed E-state index contributed by atoms with van der Waals surface area (Å²) in [6, 6.07) is 11.3. The van der Waals surface area contributed by atoms with Crippen LogP contribution in [-0.4, -0.2) is 40.6 Å². The molecule has 0 saturated carbocycles. The zero-order valence-corrected chi connectivity index (χ0v) is 17.6. The molecule has 9 heteroatoms. The van der Waals surface area contributed by atoms with Gasteiger partial charge < -0.3 is 24.7 Å². The molecule has 0 aliphatic heterocycles. The van der Waals surface area contributed by atoms with Crippen LogP contribution < -0.4 is 15.2 Å². The van der Waals surface area contributed by atoms with Crippen molar-refractivity contribution in [3.63, 3.8) is 0 Å². The van der Waals surface area contributed by atoms with E-state index in [0.717, 1.165) is 4.90 Å². The van der Waals surface area contributed by atoms with Crippen molar-refractivity contribution in [1.29, 1.82) is 10.5 Å². The summed E-state index contributed by atoms with van der Waals surface area (Å²) in [6.07, 6.45) is 0. The third-order valence-corrected chi connectivity index (χ3v) is 5.39. The lowest BCUT2D eigenvalue weighted by molar-refractivity contribution is 0.142. The monoisotopic (exact) mass is 433 g/mol. The van der Waals surface area contributed by atoms with Crippen LogP contribution in [0, 0.1) is 22.7 Å². The molecular formula is C20H20ClN3O4S. The lowest BCUT2D eigenvalue weighted by atomic mass is 10.1. The lowest BCUT2D eigenvalue weighted by Crippen LogP contribution is -2.10. The highest BCUT2D eigenvalue weighted by Gasteiger charge is 2.27. The molecule has 0 aliphatic rings. The number of nitrogens with zero attached hydrogens (tertiary/aromatic N) is 2. The Hall–Kier alpha value is -2.62. The first-order valence-electron chi connectivity index (χ1n) is 8.54. The second-order valence-electron chi connectivity index (χ2n) is 5.60. The van der Waals surface area contributed by atoms with Crippen molar-refractivity contribution < 1.29 is 18.9 Å². The van der Waals surface area contributed by atoms with E-state index in [4.69, 9.17) is 36.3 Å². The van der Waals surface area contributed by atoms with Gasteiger partial charge >= 0.3 is 0 Å². The molecule has 0 fully saturated rings. The normalized spacial score (nSPS) is 10.2. The minimum Gasteiger partial charge on any atom is -0.488 e. The maximum atomic E-state index is 9.75. The molecule has 0 atom stereocenters. The number of anilines is 1. The summed E-state index contributed by atoms with van der Waals surface area (Å²) in [5.74, 6) is 0.303. The van der Waals surface area contributed by atoms with Crippen molar-refractivity contribution in [3.05, 3.63) is 40.4 Å². The smallest absolute Gasteiger partial charge is 0.158 e. The van der Waals surface area contributed by atoms with Gasteiger partial charge in [-0.3, -0.25) is 0 Å². The molecule has 0 radical (unpaired) electrons. The van der Waals surface area contributed by atoms with Gasteiger partial charge in [0.15, 0.2) is 11.5 Å². The van der Waals surface area contributed by atoms with Crippen LogP contribution in [0.1, 0.15) is 11.1 Å². The predicted octanol–water partition coefficient (Wildman–Crippen LogP) is 3.87. The first-order valence-corrected chi connectivity index (χ1v) is 9.73. The van der Waals surface area contributed by atoms with Crippen LogP contribution >= 0.6 is 23.4 Å². The van der Waals surface area contributed by atoms with Gasteiger partial charge in [0.2, 0.25) is 0 Å². The standard InChI is InChI=1S/C20H20ClN3O4S/c1-25-7-9-27-18-13(11-22)14(12-23)19(28-10-8-26-2)20(17(18)21)29-16-6-4-3-5-15(16)24/h3-6H,7-10,24H2,1-2H3. The predicted molar refractivity (Wildman–Crippen MR) is 111 cm³/mol. The topological polar surface area (TPSA) is 111 Å². The van der Waals surface area contributed by atoms with Crippen molar-refractivity contribution in [2.24, 2.45) is 0 Å². The minimum absolute atomic E-state index is 0.00593. The van der Waals surface area contributed by atoms with Crippen molar-refractivity contribution >= 4 is 29.1 Å². The van der Waals surface area contributed by atoms with E-state index in [9.17, 15) is 10.5 Å². The number of methoxy groups -OCH3 is 2. The molecule has 0 aliphatic carbocycles. The first-order chi connectivity index (χ1) is 14.1. The average Bonchev–Trinajstić information content (AvgIpc) is 2.73. The Labute approximate surface area is 178 Å². The number of hydrogen-bond donors (Lipinski definition) is 1. The van der Waals surface area contributed by atoms with Crippen molar-refractivity contribution in [2.45, 2.75) is 9.79 Å². The number of benzene rings is 2. The van der Waals surface area contributed by atoms with E-state index >= 15 is 0 Å². The van der Waals surface area contributed by atoms with Crippen LogP contribution in [0.15, 0.2) is 34.1 Å². The second-order valence-corrected chi connectivity index (χ2v) is 7.03. The molecule has 0 spiro atoms. The number of nitrogen functional groups attached to an aromatic ring is 1. The molecule has 29 heavy (non-hydrogen) atoms. The molecule has 2 N–H and O–H groups in total. The Morgan fingerprint density at radius 1 is 0.931 bits per heavy atom. The van der Waals surface area contributed by atoms with E-state index in [-0.39, 0.29) is 40.9 Å². The number of halogens is 1. The summed E-state index contributed by atoms with van der Waals surface area (Å²) in [4.78, 5) is 1.16. The molecule has 0 bridgehead atoms. The van der Waals surface area contributed by atoms with Crippen LogP contribution in [-0.2, 0) is 9.47 Å². The number of nitrogens with two attached hydrogens (primary N) is 1. The number of ether oxygens (including phenoxy) is 4. The molecule has 0 heterocycles. The van der Waals surface area contributed by atoms with Crippen molar-refractivity contribution in [3.8, 4) is 23.6 Å². The van der Waals surface area contributed by atoms with Crippen LogP contribution in [0.2, 0.25) is 5.02 Å². The molecule has 0 aromatic heterocycles. The lowest BCUT2D eigenvalue weighted by Gasteiger charge is -2.19. The maximum absolute atomic E-state index is 9.75. The van der Waals surface area contributed by atoms with E-state index in [2.05, 4.69) is 0 Å². The zero-order valence-electron chi connectivity index (χ0n) is 16.0. The van der Waals surface area contributed by atoms with E-state index in [0.29, 0.717) is 23.8 Å². The van der Waals surface area contributed by atoms with E-state index in [1.165, 1.54) is 26.0 Å². The zero-order chi connectivity index (χ0) is 21.2. The summed E-state index contributed by atoms with van der Waals surface area (Å²) >= 11 is 7.85. The van der Waals surface area contributed by atoms with Gasteiger partial charge in [-0.1, -0.05) is 35.5 Å². The SMILES string of the molecule is COCCOc1c(Cl)c(Sc2ccccc2N)c(OCCOC)c(C#N)c1C#N. The molecule has 7 nitrogen and oxygen atoms in total. The van der Waals surface area contributed by atoms with Crippen molar-refractivity contribution in [2.75, 3.05) is 46.4 Å². The van der Waals surface area contributed by atoms with Gasteiger partial charge in [0, 0.05) is 24.8 Å². The van der Waals surface area contributed by atoms with Gasteiger partial charge in [-0.05, 0) is 12.1 Å². The molecule has 0 unspecified atom stereocenters. The van der Waals surface area contributed by atoms with E-state index in [1.807, 2.05) is 30.3 Å². The molecule has 152 valence electrons. The molecular weight excluding hydrogens is 414 g/mol. The Morgan fingerprint density at radius 3 is 2.03 bits per heavy atom. The fourth-order valence-electron chi connectivity index (χ4n) is 2.37. The van der Waals surface area contributed by atoms with Crippen LogP contribution in [0.4, 0.5) is 5.69 Å². The average molecular weight is 434 g/mol. The number of para-hydroxylation sites is 1. The fourth-order valence-corrected chi connectivity index (χ4v) is 3.71. The Morgan fingerprint density at radius 2 is 1.48 bits per heavy atom. The van der Waals surface area contributed by atoms with Crippen molar-refractivity contribution in [1.82, 2.24) is 0 Å². The van der Waals surface area contributed by atoms with Crippen LogP contribution in [0.5, 0.6) is 11.5 Å². The quantitative estimate of drug-likeness (QED) is 0.444. The minimum atomic E-state index is 0.00593. The summed E-state index contributed by atoms with van der Waals surface area (Å²) in [6.45, 7) is 0.933. The Balaban J connectivity index is 2.65. The van der Waals surface area contributed by atoms with E-state index in [1.54, 1.807) is 6.07 Å². The third-order valence-electron chi connectivity index (χ3n) is 3.73. The number of rotatable bonds is 10. The van der Waals surface area contributed by atoms with E-state index < -0.39 is 0 Å². The summed E-state index contributed by atoms with van der Waals surface area (Å²) in [7, 11) is 3.07. The van der Waals surface area contributed by atoms with Gasteiger partial charge in [0.1, 0.15) is 41.5 Å². The third kappa shape index (κ3) is 5.47. The second kappa shape index (κ2) is 11.4.